The van der Waals surface area contributed by atoms with Crippen molar-refractivity contribution in [2.45, 2.75) is 6.92 Å². The molecule has 0 fully saturated rings. The predicted molar refractivity (Wildman–Crippen MR) is 93.3 cm³/mol. The van der Waals surface area contributed by atoms with Gasteiger partial charge in [-0.2, -0.15) is 5.10 Å². The van der Waals surface area contributed by atoms with Crippen molar-refractivity contribution in [3.05, 3.63) is 64.0 Å². The van der Waals surface area contributed by atoms with E-state index in [2.05, 4.69) is 21.0 Å². The van der Waals surface area contributed by atoms with E-state index in [1.807, 2.05) is 30.3 Å². The summed E-state index contributed by atoms with van der Waals surface area (Å²) in [4.78, 5) is 36.1. The fourth-order valence-corrected chi connectivity index (χ4v) is 2.88. The van der Waals surface area contributed by atoms with Gasteiger partial charge in [-0.1, -0.05) is 30.3 Å². The van der Waals surface area contributed by atoms with Crippen LogP contribution in [-0.2, 0) is 0 Å². The number of amides is 2. The van der Waals surface area contributed by atoms with Crippen LogP contribution in [0.25, 0.3) is 11.3 Å². The van der Waals surface area contributed by atoms with Crippen molar-refractivity contribution in [1.82, 2.24) is 21.0 Å². The smallest absolute Gasteiger partial charge is 0.287 e. The van der Waals surface area contributed by atoms with Gasteiger partial charge in [-0.3, -0.25) is 30.3 Å². The highest BCUT2D eigenvalue weighted by molar-refractivity contribution is 7.15. The number of hydrazine groups is 1. The molecular weight excluding hydrogens is 340 g/mol. The Labute approximate surface area is 147 Å². The van der Waals surface area contributed by atoms with Gasteiger partial charge >= 0.3 is 0 Å². The zero-order valence-electron chi connectivity index (χ0n) is 13.2. The van der Waals surface area contributed by atoms with E-state index >= 15 is 0 Å². The van der Waals surface area contributed by atoms with Gasteiger partial charge in [0.15, 0.2) is 5.78 Å². The van der Waals surface area contributed by atoms with Gasteiger partial charge in [0.25, 0.3) is 11.8 Å². The number of ketones is 1. The van der Waals surface area contributed by atoms with Gasteiger partial charge < -0.3 is 0 Å². The van der Waals surface area contributed by atoms with Crippen LogP contribution in [0.3, 0.4) is 0 Å². The highest BCUT2D eigenvalue weighted by Crippen LogP contribution is 2.17. The molecule has 7 nitrogen and oxygen atoms in total. The third-order valence-corrected chi connectivity index (χ3v) is 4.54. The molecule has 3 aromatic rings. The van der Waals surface area contributed by atoms with E-state index in [-0.39, 0.29) is 11.5 Å². The Hall–Kier alpha value is -3.26. The maximum absolute atomic E-state index is 12.1. The van der Waals surface area contributed by atoms with E-state index in [0.29, 0.717) is 15.4 Å². The zero-order chi connectivity index (χ0) is 17.8. The first-order valence-corrected chi connectivity index (χ1v) is 8.18. The summed E-state index contributed by atoms with van der Waals surface area (Å²) in [5.41, 5.74) is 6.34. The van der Waals surface area contributed by atoms with Crippen LogP contribution in [0.5, 0.6) is 0 Å². The van der Waals surface area contributed by atoms with Gasteiger partial charge in [0, 0.05) is 5.56 Å². The second-order valence-electron chi connectivity index (χ2n) is 5.16. The number of Topliss-reactive ketones (excluding diaryl/α,β-unsaturated/α-hetero) is 1. The van der Waals surface area contributed by atoms with E-state index in [9.17, 15) is 14.4 Å². The highest BCUT2D eigenvalue weighted by Gasteiger charge is 2.14. The average Bonchev–Trinajstić information content (AvgIpc) is 3.29. The second-order valence-corrected chi connectivity index (χ2v) is 6.24. The van der Waals surface area contributed by atoms with Crippen molar-refractivity contribution in [2.24, 2.45) is 0 Å². The van der Waals surface area contributed by atoms with Gasteiger partial charge in [-0.25, -0.2) is 0 Å². The molecule has 3 rings (SSSR count). The molecule has 0 saturated carbocycles. The van der Waals surface area contributed by atoms with E-state index in [0.717, 1.165) is 16.9 Å². The molecule has 2 amide bonds. The quantitative estimate of drug-likeness (QED) is 0.494. The monoisotopic (exact) mass is 354 g/mol. The molecule has 0 saturated heterocycles. The number of carbonyl (C=O) groups is 3. The summed E-state index contributed by atoms with van der Waals surface area (Å²) < 4.78 is 0. The lowest BCUT2D eigenvalue weighted by atomic mass is 10.1. The maximum Gasteiger partial charge on any atom is 0.287 e. The van der Waals surface area contributed by atoms with Gasteiger partial charge in [-0.05, 0) is 25.1 Å². The third kappa shape index (κ3) is 3.81. The summed E-state index contributed by atoms with van der Waals surface area (Å²) in [5, 5.41) is 6.71. The molecule has 0 unspecified atom stereocenters. The summed E-state index contributed by atoms with van der Waals surface area (Å²) in [6.07, 6.45) is 0. The molecule has 2 heterocycles. The summed E-state index contributed by atoms with van der Waals surface area (Å²) in [7, 11) is 0. The number of hydrogen-bond donors (Lipinski definition) is 3. The second kappa shape index (κ2) is 7.10. The van der Waals surface area contributed by atoms with Crippen LogP contribution >= 0.6 is 11.3 Å². The van der Waals surface area contributed by atoms with Crippen molar-refractivity contribution < 1.29 is 14.4 Å². The fraction of sp³-hybridized carbons (Fsp3) is 0.0588. The lowest BCUT2D eigenvalue weighted by molar-refractivity contribution is 0.0846. The molecule has 0 radical (unpaired) electrons. The third-order valence-electron chi connectivity index (χ3n) is 3.36. The number of aromatic nitrogens is 2. The Morgan fingerprint density at radius 3 is 2.32 bits per heavy atom. The standard InChI is InChI=1S/C17H14N4O3S/c1-10(22)14-7-8-15(25-14)17(24)21-20-16(23)13-9-12(18-19-13)11-5-3-2-4-6-11/h2-9H,1H3,(H,18,19)(H,20,23)(H,21,24). The molecule has 126 valence electrons. The predicted octanol–water partition coefficient (Wildman–Crippen LogP) is 2.42. The number of rotatable bonds is 4. The van der Waals surface area contributed by atoms with Gasteiger partial charge in [0.05, 0.1) is 15.4 Å². The zero-order valence-corrected chi connectivity index (χ0v) is 14.0. The summed E-state index contributed by atoms with van der Waals surface area (Å²) in [6, 6.07) is 14.1. The molecule has 0 aliphatic rings. The summed E-state index contributed by atoms with van der Waals surface area (Å²) in [6.45, 7) is 1.43. The minimum atomic E-state index is -0.522. The molecule has 25 heavy (non-hydrogen) atoms. The summed E-state index contributed by atoms with van der Waals surface area (Å²) >= 11 is 1.06. The Morgan fingerprint density at radius 2 is 1.64 bits per heavy atom. The number of nitrogens with zero attached hydrogens (tertiary/aromatic N) is 1. The number of nitrogens with one attached hydrogen (secondary N) is 3. The molecular formula is C17H14N4O3S. The molecule has 3 N–H and O–H groups in total. The minimum absolute atomic E-state index is 0.112. The van der Waals surface area contributed by atoms with Crippen LogP contribution in [0.15, 0.2) is 48.5 Å². The Balaban J connectivity index is 1.62. The number of hydrogen-bond acceptors (Lipinski definition) is 5. The maximum atomic E-state index is 12.1. The lowest BCUT2D eigenvalue weighted by Gasteiger charge is -2.04. The first-order chi connectivity index (χ1) is 12.0. The fourth-order valence-electron chi connectivity index (χ4n) is 2.09. The number of benzene rings is 1. The number of H-pyrrole nitrogens is 1. The molecule has 2 aromatic heterocycles. The van der Waals surface area contributed by atoms with E-state index in [1.165, 1.54) is 13.0 Å². The number of thiophene rings is 1. The van der Waals surface area contributed by atoms with Crippen molar-refractivity contribution in [3.63, 3.8) is 0 Å². The molecule has 0 spiro atoms. The van der Waals surface area contributed by atoms with E-state index < -0.39 is 11.8 Å². The minimum Gasteiger partial charge on any atom is -0.294 e. The van der Waals surface area contributed by atoms with Crippen molar-refractivity contribution in [1.29, 1.82) is 0 Å². The van der Waals surface area contributed by atoms with Crippen molar-refractivity contribution in [2.75, 3.05) is 0 Å². The van der Waals surface area contributed by atoms with E-state index in [1.54, 1.807) is 12.1 Å². The van der Waals surface area contributed by atoms with Crippen LogP contribution in [0.1, 0.15) is 36.8 Å². The first kappa shape index (κ1) is 16.6. The topological polar surface area (TPSA) is 104 Å². The molecule has 0 bridgehead atoms. The van der Waals surface area contributed by atoms with Gasteiger partial charge in [0.2, 0.25) is 0 Å². The van der Waals surface area contributed by atoms with Crippen molar-refractivity contribution >= 4 is 28.9 Å². The molecule has 0 atom stereocenters. The van der Waals surface area contributed by atoms with Crippen LogP contribution in [0, 0.1) is 0 Å². The van der Waals surface area contributed by atoms with E-state index in [4.69, 9.17) is 0 Å². The Bertz CT molecular complexity index is 930. The molecule has 1 aromatic carbocycles. The molecule has 8 heteroatoms. The SMILES string of the molecule is CC(=O)c1ccc(C(=O)NNC(=O)c2cc(-c3ccccc3)n[nH]2)s1. The molecule has 0 aliphatic heterocycles. The Kier molecular flexibility index (Phi) is 4.71. The summed E-state index contributed by atoms with van der Waals surface area (Å²) in [5.74, 6) is -1.13. The number of carbonyl (C=O) groups excluding carboxylic acids is 3. The van der Waals surface area contributed by atoms with Crippen LogP contribution in [-0.4, -0.2) is 27.8 Å². The normalized spacial score (nSPS) is 10.3. The molecule has 0 aliphatic carbocycles. The number of aromatic amines is 1. The lowest BCUT2D eigenvalue weighted by Crippen LogP contribution is -2.41. The van der Waals surface area contributed by atoms with Crippen LogP contribution in [0.4, 0.5) is 0 Å². The highest BCUT2D eigenvalue weighted by atomic mass is 32.1. The largest absolute Gasteiger partial charge is 0.294 e. The van der Waals surface area contributed by atoms with Gasteiger partial charge in [0.1, 0.15) is 5.69 Å². The van der Waals surface area contributed by atoms with Crippen molar-refractivity contribution in [3.8, 4) is 11.3 Å². The van der Waals surface area contributed by atoms with Crippen LogP contribution in [0.2, 0.25) is 0 Å². The van der Waals surface area contributed by atoms with Gasteiger partial charge in [-0.15, -0.1) is 11.3 Å². The first-order valence-electron chi connectivity index (χ1n) is 7.37. The van der Waals surface area contributed by atoms with Crippen LogP contribution < -0.4 is 10.9 Å². The average molecular weight is 354 g/mol. The Morgan fingerprint density at radius 1 is 0.960 bits per heavy atom.